The van der Waals surface area contributed by atoms with Gasteiger partial charge in [0.05, 0.1) is 11.5 Å². The maximum Gasteiger partial charge on any atom is 0.242 e. The van der Waals surface area contributed by atoms with Gasteiger partial charge in [0.2, 0.25) is 5.91 Å². The zero-order valence-corrected chi connectivity index (χ0v) is 17.2. The number of amidine groups is 1. The molecular weight excluding hydrogens is 394 g/mol. The largest absolute Gasteiger partial charge is 0.455 e. The first-order valence-electron chi connectivity index (χ1n) is 9.64. The van der Waals surface area contributed by atoms with E-state index in [1.54, 1.807) is 17.2 Å². The minimum Gasteiger partial charge on any atom is -0.455 e. The highest BCUT2D eigenvalue weighted by Crippen LogP contribution is 2.30. The highest BCUT2D eigenvalue weighted by atomic mass is 32.2. The Labute approximate surface area is 179 Å². The van der Waals surface area contributed by atoms with E-state index < -0.39 is 0 Å². The third kappa shape index (κ3) is 4.60. The molecule has 1 aliphatic heterocycles. The van der Waals surface area contributed by atoms with Gasteiger partial charge in [-0.1, -0.05) is 78.5 Å². The molecule has 30 heavy (non-hydrogen) atoms. The number of rotatable bonds is 7. The molecule has 0 aliphatic carbocycles. The van der Waals surface area contributed by atoms with E-state index in [1.807, 2.05) is 72.8 Å². The smallest absolute Gasteiger partial charge is 0.242 e. The van der Waals surface area contributed by atoms with Gasteiger partial charge >= 0.3 is 0 Å². The van der Waals surface area contributed by atoms with Crippen LogP contribution in [0.5, 0.6) is 0 Å². The fourth-order valence-corrected chi connectivity index (χ4v) is 4.30. The lowest BCUT2D eigenvalue weighted by atomic mass is 10.1. The lowest BCUT2D eigenvalue weighted by molar-refractivity contribution is -0.125. The number of carbonyl (C=O) groups excluding carboxylic acids is 1. The fraction of sp³-hybridized carbons (Fsp3) is 0.125. The summed E-state index contributed by atoms with van der Waals surface area (Å²) >= 11 is 1.43. The SMILES string of the molecule is C=CCN1C(=O)[C@@H](Cc2ccccc2)S/C1=N/N=C\c1ccc(-c2ccccc2)o1. The molecule has 3 aromatic rings. The number of amides is 1. The minimum atomic E-state index is -0.213. The number of hydrogen-bond acceptors (Lipinski definition) is 5. The van der Waals surface area contributed by atoms with Crippen LogP contribution < -0.4 is 0 Å². The van der Waals surface area contributed by atoms with E-state index in [0.717, 1.165) is 16.9 Å². The third-order valence-electron chi connectivity index (χ3n) is 4.61. The van der Waals surface area contributed by atoms with Crippen molar-refractivity contribution in [2.75, 3.05) is 6.54 Å². The van der Waals surface area contributed by atoms with E-state index in [0.29, 0.717) is 23.9 Å². The molecule has 2 aromatic carbocycles. The Morgan fingerprint density at radius 1 is 1.03 bits per heavy atom. The van der Waals surface area contributed by atoms with Crippen molar-refractivity contribution in [1.29, 1.82) is 0 Å². The summed E-state index contributed by atoms with van der Waals surface area (Å²) in [7, 11) is 0. The molecule has 1 amide bonds. The van der Waals surface area contributed by atoms with Gasteiger partial charge in [-0.3, -0.25) is 9.69 Å². The fourth-order valence-electron chi connectivity index (χ4n) is 3.16. The maximum absolute atomic E-state index is 12.8. The summed E-state index contributed by atoms with van der Waals surface area (Å²) in [5, 5.41) is 8.81. The Bertz CT molecular complexity index is 1070. The standard InChI is InChI=1S/C24H21N3O2S/c1-2-15-27-23(28)22(16-18-9-5-3-6-10-18)30-24(27)26-25-17-20-13-14-21(29-20)19-11-7-4-8-12-19/h2-14,17,22H,1,15-16H2/b25-17-,26-24+/t22-/m1/s1. The predicted molar refractivity (Wildman–Crippen MR) is 123 cm³/mol. The zero-order chi connectivity index (χ0) is 20.8. The summed E-state index contributed by atoms with van der Waals surface area (Å²) in [5.41, 5.74) is 2.12. The second-order valence-electron chi connectivity index (χ2n) is 6.73. The molecule has 1 saturated heterocycles. The van der Waals surface area contributed by atoms with Crippen LogP contribution in [0.1, 0.15) is 11.3 Å². The molecule has 0 saturated carbocycles. The number of benzene rings is 2. The van der Waals surface area contributed by atoms with Gasteiger partial charge in [-0.05, 0) is 24.1 Å². The van der Waals surface area contributed by atoms with Crippen LogP contribution >= 0.6 is 11.8 Å². The minimum absolute atomic E-state index is 0.0297. The van der Waals surface area contributed by atoms with E-state index in [-0.39, 0.29) is 11.2 Å². The summed E-state index contributed by atoms with van der Waals surface area (Å²) in [5.74, 6) is 1.40. The molecule has 1 atom stereocenters. The van der Waals surface area contributed by atoms with Crippen LogP contribution in [0.3, 0.4) is 0 Å². The van der Waals surface area contributed by atoms with Crippen molar-refractivity contribution in [2.45, 2.75) is 11.7 Å². The molecule has 150 valence electrons. The topological polar surface area (TPSA) is 58.2 Å². The third-order valence-corrected chi connectivity index (χ3v) is 5.77. The van der Waals surface area contributed by atoms with Crippen LogP contribution in [-0.2, 0) is 11.2 Å². The summed E-state index contributed by atoms with van der Waals surface area (Å²) < 4.78 is 5.81. The van der Waals surface area contributed by atoms with Gasteiger partial charge in [-0.2, -0.15) is 5.10 Å². The van der Waals surface area contributed by atoms with Crippen LogP contribution in [0.4, 0.5) is 0 Å². The van der Waals surface area contributed by atoms with E-state index in [1.165, 1.54) is 11.8 Å². The first-order chi connectivity index (χ1) is 14.7. The van der Waals surface area contributed by atoms with Gasteiger partial charge in [0.15, 0.2) is 5.17 Å². The molecular formula is C24H21N3O2S. The molecule has 6 heteroatoms. The highest BCUT2D eigenvalue weighted by Gasteiger charge is 2.37. The van der Waals surface area contributed by atoms with Crippen molar-refractivity contribution in [3.8, 4) is 11.3 Å². The summed E-state index contributed by atoms with van der Waals surface area (Å²) in [6.07, 6.45) is 3.90. The van der Waals surface area contributed by atoms with Crippen LogP contribution in [-0.4, -0.2) is 34.0 Å². The number of hydrogen-bond donors (Lipinski definition) is 0. The van der Waals surface area contributed by atoms with Crippen LogP contribution in [0.25, 0.3) is 11.3 Å². The van der Waals surface area contributed by atoms with Crippen molar-refractivity contribution >= 4 is 29.1 Å². The molecule has 1 aromatic heterocycles. The first kappa shape index (κ1) is 19.9. The molecule has 0 spiro atoms. The Balaban J connectivity index is 1.48. The van der Waals surface area contributed by atoms with E-state index in [4.69, 9.17) is 4.42 Å². The quantitative estimate of drug-likeness (QED) is 0.310. The Kier molecular flexibility index (Phi) is 6.25. The lowest BCUT2D eigenvalue weighted by Gasteiger charge is -2.12. The maximum atomic E-state index is 12.8. The highest BCUT2D eigenvalue weighted by molar-refractivity contribution is 8.15. The van der Waals surface area contributed by atoms with E-state index >= 15 is 0 Å². The predicted octanol–water partition coefficient (Wildman–Crippen LogP) is 5.01. The summed E-state index contributed by atoms with van der Waals surface area (Å²) in [6.45, 7) is 4.16. The van der Waals surface area contributed by atoms with Crippen molar-refractivity contribution in [3.05, 3.63) is 96.8 Å². The van der Waals surface area contributed by atoms with Crippen LogP contribution in [0, 0.1) is 0 Å². The molecule has 0 unspecified atom stereocenters. The van der Waals surface area contributed by atoms with Crippen molar-refractivity contribution in [2.24, 2.45) is 10.2 Å². The van der Waals surface area contributed by atoms with Crippen molar-refractivity contribution in [1.82, 2.24) is 4.90 Å². The number of carbonyl (C=O) groups is 1. The Hall–Kier alpha value is -3.38. The molecule has 2 heterocycles. The average Bonchev–Trinajstić information content (AvgIpc) is 3.36. The van der Waals surface area contributed by atoms with Gasteiger partial charge in [-0.15, -0.1) is 11.7 Å². The second kappa shape index (κ2) is 9.41. The van der Waals surface area contributed by atoms with Gasteiger partial charge in [0.25, 0.3) is 0 Å². The lowest BCUT2D eigenvalue weighted by Crippen LogP contribution is -2.32. The monoisotopic (exact) mass is 415 g/mol. The van der Waals surface area contributed by atoms with Gasteiger partial charge in [0, 0.05) is 12.1 Å². The summed E-state index contributed by atoms with van der Waals surface area (Å²) in [6, 6.07) is 23.6. The van der Waals surface area contributed by atoms with E-state index in [9.17, 15) is 4.79 Å². The second-order valence-corrected chi connectivity index (χ2v) is 7.90. The van der Waals surface area contributed by atoms with E-state index in [2.05, 4.69) is 16.8 Å². The molecule has 1 aliphatic rings. The number of furan rings is 1. The Morgan fingerprint density at radius 3 is 2.50 bits per heavy atom. The van der Waals surface area contributed by atoms with Crippen LogP contribution in [0.2, 0.25) is 0 Å². The normalized spacial score (nSPS) is 17.9. The first-order valence-corrected chi connectivity index (χ1v) is 10.5. The molecule has 5 nitrogen and oxygen atoms in total. The molecule has 0 radical (unpaired) electrons. The molecule has 4 rings (SSSR count). The summed E-state index contributed by atoms with van der Waals surface area (Å²) in [4.78, 5) is 14.4. The Morgan fingerprint density at radius 2 is 1.77 bits per heavy atom. The van der Waals surface area contributed by atoms with Crippen molar-refractivity contribution in [3.63, 3.8) is 0 Å². The number of thioether (sulfide) groups is 1. The van der Waals surface area contributed by atoms with Gasteiger partial charge < -0.3 is 4.42 Å². The van der Waals surface area contributed by atoms with Gasteiger partial charge in [0.1, 0.15) is 11.5 Å². The zero-order valence-electron chi connectivity index (χ0n) is 16.3. The number of nitrogens with zero attached hydrogens (tertiary/aromatic N) is 3. The van der Waals surface area contributed by atoms with Crippen LogP contribution in [0.15, 0.2) is 100 Å². The molecule has 0 N–H and O–H groups in total. The molecule has 0 bridgehead atoms. The molecule has 1 fully saturated rings. The average molecular weight is 416 g/mol. The van der Waals surface area contributed by atoms with Crippen molar-refractivity contribution < 1.29 is 9.21 Å². The van der Waals surface area contributed by atoms with Gasteiger partial charge in [-0.25, -0.2) is 0 Å².